The van der Waals surface area contributed by atoms with Crippen LogP contribution in [0.25, 0.3) is 32.3 Å². The topological polar surface area (TPSA) is 0 Å². The quantitative estimate of drug-likeness (QED) is 0.184. The second-order valence-electron chi connectivity index (χ2n) is 11.0. The average molecular weight is 685 g/mol. The molecule has 0 saturated carbocycles. The van der Waals surface area contributed by atoms with Gasteiger partial charge in [-0.2, -0.15) is 0 Å². The van der Waals surface area contributed by atoms with Crippen molar-refractivity contribution >= 4 is 87.7 Å². The molecule has 0 aromatic heterocycles. The minimum atomic E-state index is -1.93. The van der Waals surface area contributed by atoms with E-state index in [0.29, 0.717) is 0 Å². The molecular weight excluding hydrogens is 654 g/mol. The molecule has 0 N–H and O–H groups in total. The molecule has 208 valence electrons. The predicted molar refractivity (Wildman–Crippen MR) is 194 cm³/mol. The molecule has 0 fully saturated rings. The fourth-order valence-electron chi connectivity index (χ4n) is 6.44. The van der Waals surface area contributed by atoms with Crippen LogP contribution in [0.2, 0.25) is 0 Å². The van der Waals surface area contributed by atoms with Crippen molar-refractivity contribution < 1.29 is 0 Å². The summed E-state index contributed by atoms with van der Waals surface area (Å²) in [4.78, 5) is 0. The first-order valence-electron chi connectivity index (χ1n) is 15.0. The molecule has 0 radical (unpaired) electrons. The number of hydrogen-bond acceptors (Lipinski definition) is 0. The van der Waals surface area contributed by atoms with Crippen LogP contribution in [0.5, 0.6) is 0 Å². The van der Waals surface area contributed by atoms with E-state index in [1.807, 2.05) is 0 Å². The third-order valence-corrected chi connectivity index (χ3v) is 19.1. The summed E-state index contributed by atoms with van der Waals surface area (Å²) in [5.74, 6) is 0. The Bertz CT molecular complexity index is 2070. The van der Waals surface area contributed by atoms with Crippen molar-refractivity contribution in [2.45, 2.75) is 0 Å². The Morgan fingerprint density at radius 3 is 0.955 bits per heavy atom. The van der Waals surface area contributed by atoms with Crippen LogP contribution in [0.1, 0.15) is 0 Å². The van der Waals surface area contributed by atoms with Crippen LogP contribution in [0.15, 0.2) is 182 Å². The third kappa shape index (κ3) is 4.90. The molecule has 0 spiro atoms. The molecule has 0 aliphatic heterocycles. The summed E-state index contributed by atoms with van der Waals surface area (Å²) in [5, 5.41) is 8.18. The Labute approximate surface area is 268 Å². The van der Waals surface area contributed by atoms with Gasteiger partial charge in [-0.1, -0.05) is 0 Å². The van der Waals surface area contributed by atoms with E-state index in [4.69, 9.17) is 0 Å². The second-order valence-corrected chi connectivity index (χ2v) is 20.0. The fourth-order valence-corrected chi connectivity index (χ4v) is 17.5. The fraction of sp³-hybridized carbons (Fsp3) is 0. The standard InChI is InChI=1S/C42H30As2/c1-3-19-33(20-4-1)43(39-27-11-17-31-15-7-9-23-35(31)39)41-29-13-26-38-37(41)25-14-30-42(38)44(34-21-5-2-6-22-34)40-28-12-18-32-16-8-10-24-36(32)40/h1-30H. The van der Waals surface area contributed by atoms with Crippen molar-refractivity contribution in [3.8, 4) is 0 Å². The van der Waals surface area contributed by atoms with Crippen LogP contribution < -0.4 is 26.1 Å². The van der Waals surface area contributed by atoms with Crippen molar-refractivity contribution in [3.05, 3.63) is 182 Å². The molecule has 2 unspecified atom stereocenters. The van der Waals surface area contributed by atoms with Gasteiger partial charge in [0.25, 0.3) is 0 Å². The van der Waals surface area contributed by atoms with Crippen LogP contribution in [0.3, 0.4) is 0 Å². The van der Waals surface area contributed by atoms with Gasteiger partial charge < -0.3 is 0 Å². The van der Waals surface area contributed by atoms with Crippen LogP contribution in [0, 0.1) is 0 Å². The Morgan fingerprint density at radius 2 is 0.523 bits per heavy atom. The molecule has 8 aromatic carbocycles. The van der Waals surface area contributed by atoms with E-state index in [1.165, 1.54) is 58.4 Å². The van der Waals surface area contributed by atoms with E-state index in [-0.39, 0.29) is 0 Å². The number of fused-ring (bicyclic) bond motifs is 3. The van der Waals surface area contributed by atoms with E-state index in [9.17, 15) is 0 Å². The summed E-state index contributed by atoms with van der Waals surface area (Å²) in [6.07, 6.45) is 0. The van der Waals surface area contributed by atoms with Gasteiger partial charge in [-0.25, -0.2) is 0 Å². The second kappa shape index (κ2) is 12.0. The Balaban J connectivity index is 1.41. The van der Waals surface area contributed by atoms with Crippen molar-refractivity contribution in [2.75, 3.05) is 0 Å². The summed E-state index contributed by atoms with van der Waals surface area (Å²) in [6.45, 7) is 0. The molecule has 0 nitrogen and oxygen atoms in total. The summed E-state index contributed by atoms with van der Waals surface area (Å²) < 4.78 is 8.90. The molecule has 0 aliphatic carbocycles. The third-order valence-electron chi connectivity index (χ3n) is 8.40. The minimum absolute atomic E-state index is 1.31. The van der Waals surface area contributed by atoms with Crippen LogP contribution in [0.4, 0.5) is 0 Å². The van der Waals surface area contributed by atoms with E-state index < -0.39 is 29.3 Å². The SMILES string of the molecule is c1ccc([As](c2cccc3ccccc23)c2cccc3c([As](c4ccccc4)c4cccc5ccccc45)cccc23)cc1. The normalized spacial score (nSPS) is 12.8. The first kappa shape index (κ1) is 27.2. The van der Waals surface area contributed by atoms with Crippen LogP contribution in [-0.2, 0) is 0 Å². The first-order valence-corrected chi connectivity index (χ1v) is 20.7. The Hall–Kier alpha value is -4.34. The van der Waals surface area contributed by atoms with E-state index in [0.717, 1.165) is 0 Å². The number of benzene rings is 8. The van der Waals surface area contributed by atoms with Gasteiger partial charge in [0, 0.05) is 0 Å². The molecule has 8 rings (SSSR count). The van der Waals surface area contributed by atoms with Crippen LogP contribution >= 0.6 is 0 Å². The Kier molecular flexibility index (Phi) is 7.41. The zero-order chi connectivity index (χ0) is 29.3. The van der Waals surface area contributed by atoms with Crippen molar-refractivity contribution in [1.29, 1.82) is 0 Å². The van der Waals surface area contributed by atoms with E-state index in [1.54, 1.807) is 0 Å². The van der Waals surface area contributed by atoms with Crippen molar-refractivity contribution in [1.82, 2.24) is 0 Å². The maximum absolute atomic E-state index is 2.42. The van der Waals surface area contributed by atoms with Gasteiger partial charge in [0.2, 0.25) is 0 Å². The summed E-state index contributed by atoms with van der Waals surface area (Å²) in [6, 6.07) is 68.3. The molecule has 0 aliphatic rings. The van der Waals surface area contributed by atoms with E-state index >= 15 is 0 Å². The zero-order valence-corrected chi connectivity index (χ0v) is 28.0. The molecular formula is C42H30As2. The summed E-state index contributed by atoms with van der Waals surface area (Å²) in [7, 11) is 0. The van der Waals surface area contributed by atoms with E-state index in [2.05, 4.69) is 182 Å². The molecule has 44 heavy (non-hydrogen) atoms. The van der Waals surface area contributed by atoms with Gasteiger partial charge in [-0.15, -0.1) is 0 Å². The molecule has 0 bridgehead atoms. The maximum atomic E-state index is 2.42. The Morgan fingerprint density at radius 1 is 0.227 bits per heavy atom. The average Bonchev–Trinajstić information content (AvgIpc) is 3.10. The van der Waals surface area contributed by atoms with Crippen LogP contribution in [-0.4, -0.2) is 29.3 Å². The van der Waals surface area contributed by atoms with Gasteiger partial charge >= 0.3 is 270 Å². The number of hydrogen-bond donors (Lipinski definition) is 0. The van der Waals surface area contributed by atoms with Gasteiger partial charge in [0.1, 0.15) is 0 Å². The van der Waals surface area contributed by atoms with Gasteiger partial charge in [0.15, 0.2) is 0 Å². The molecule has 8 aromatic rings. The number of rotatable bonds is 6. The van der Waals surface area contributed by atoms with Gasteiger partial charge in [-0.3, -0.25) is 0 Å². The summed E-state index contributed by atoms with van der Waals surface area (Å²) >= 11 is -3.86. The van der Waals surface area contributed by atoms with Gasteiger partial charge in [-0.05, 0) is 0 Å². The monoisotopic (exact) mass is 684 g/mol. The summed E-state index contributed by atoms with van der Waals surface area (Å²) in [5.41, 5.74) is 0. The molecule has 0 saturated heterocycles. The zero-order valence-electron chi connectivity index (χ0n) is 24.2. The first-order chi connectivity index (χ1) is 21.9. The molecule has 2 atom stereocenters. The molecule has 0 heterocycles. The predicted octanol–water partition coefficient (Wildman–Crippen LogP) is 6.18. The van der Waals surface area contributed by atoms with Crippen molar-refractivity contribution in [2.24, 2.45) is 0 Å². The molecule has 0 amide bonds. The molecule has 2 heteroatoms. The van der Waals surface area contributed by atoms with Gasteiger partial charge in [0.05, 0.1) is 0 Å². The van der Waals surface area contributed by atoms with Crippen molar-refractivity contribution in [3.63, 3.8) is 0 Å².